The van der Waals surface area contributed by atoms with Crippen LogP contribution in [0.4, 0.5) is 0 Å². The molecule has 0 radical (unpaired) electrons. The van der Waals surface area contributed by atoms with E-state index in [2.05, 4.69) is 35.5 Å². The summed E-state index contributed by atoms with van der Waals surface area (Å²) < 4.78 is 5.39. The van der Waals surface area contributed by atoms with E-state index in [0.29, 0.717) is 12.0 Å². The van der Waals surface area contributed by atoms with Crippen LogP contribution in [0, 0.1) is 5.92 Å². The first-order chi connectivity index (χ1) is 9.78. The molecule has 1 aliphatic carbocycles. The number of hydrogen-bond donors (Lipinski definition) is 1. The molecule has 1 aromatic carbocycles. The molecule has 1 N–H and O–H groups in total. The van der Waals surface area contributed by atoms with Crippen molar-refractivity contribution in [2.45, 2.75) is 37.8 Å². The van der Waals surface area contributed by atoms with Gasteiger partial charge >= 0.3 is 0 Å². The smallest absolute Gasteiger partial charge is 0.119 e. The van der Waals surface area contributed by atoms with Gasteiger partial charge in [-0.1, -0.05) is 12.1 Å². The van der Waals surface area contributed by atoms with Crippen LogP contribution in [0.2, 0.25) is 0 Å². The highest BCUT2D eigenvalue weighted by Gasteiger charge is 2.32. The largest absolute Gasteiger partial charge is 0.497 e. The Morgan fingerprint density at radius 3 is 2.90 bits per heavy atom. The zero-order valence-corrected chi connectivity index (χ0v) is 12.6. The monoisotopic (exact) mass is 274 g/mol. The molecule has 0 bridgehead atoms. The van der Waals surface area contributed by atoms with E-state index in [0.717, 1.165) is 18.3 Å². The fraction of sp³-hybridized carbons (Fsp3) is 0.647. The third-order valence-electron chi connectivity index (χ3n) is 4.69. The summed E-state index contributed by atoms with van der Waals surface area (Å²) in [6.07, 6.45) is 5.37. The van der Waals surface area contributed by atoms with Crippen LogP contribution in [0.15, 0.2) is 24.3 Å². The number of nitrogens with zero attached hydrogens (tertiary/aromatic N) is 1. The molecule has 0 aromatic heterocycles. The van der Waals surface area contributed by atoms with Gasteiger partial charge in [0, 0.05) is 18.6 Å². The van der Waals surface area contributed by atoms with Crippen LogP contribution >= 0.6 is 0 Å². The number of ether oxygens (including phenoxy) is 1. The van der Waals surface area contributed by atoms with Crippen molar-refractivity contribution in [3.8, 4) is 5.75 Å². The van der Waals surface area contributed by atoms with Crippen molar-refractivity contribution in [1.29, 1.82) is 0 Å². The maximum Gasteiger partial charge on any atom is 0.119 e. The van der Waals surface area contributed by atoms with Crippen molar-refractivity contribution in [2.75, 3.05) is 27.2 Å². The summed E-state index contributed by atoms with van der Waals surface area (Å²) in [4.78, 5) is 2.51. The van der Waals surface area contributed by atoms with E-state index in [1.807, 2.05) is 6.07 Å². The lowest BCUT2D eigenvalue weighted by Crippen LogP contribution is -2.40. The predicted octanol–water partition coefficient (Wildman–Crippen LogP) is 2.83. The Balaban J connectivity index is 1.76. The SMILES string of the molecule is COc1cccc(C2C(CNC3CC3)CCCN2C)c1. The van der Waals surface area contributed by atoms with Crippen molar-refractivity contribution in [3.05, 3.63) is 29.8 Å². The molecule has 1 aromatic rings. The summed E-state index contributed by atoms with van der Waals surface area (Å²) >= 11 is 0. The average Bonchev–Trinajstić information content (AvgIpc) is 3.29. The third kappa shape index (κ3) is 3.15. The second-order valence-corrected chi connectivity index (χ2v) is 6.29. The standard InChI is InChI=1S/C17H26N2O/c1-19-10-4-6-14(12-18-15-8-9-15)17(19)13-5-3-7-16(11-13)20-2/h3,5,7,11,14-15,17-18H,4,6,8-10,12H2,1-2H3. The summed E-state index contributed by atoms with van der Waals surface area (Å²) in [7, 11) is 4.00. The summed E-state index contributed by atoms with van der Waals surface area (Å²) in [5, 5.41) is 3.72. The van der Waals surface area contributed by atoms with Crippen molar-refractivity contribution in [2.24, 2.45) is 5.92 Å². The van der Waals surface area contributed by atoms with Gasteiger partial charge in [-0.15, -0.1) is 0 Å². The Hall–Kier alpha value is -1.06. The van der Waals surface area contributed by atoms with Crippen molar-refractivity contribution < 1.29 is 4.74 Å². The summed E-state index contributed by atoms with van der Waals surface area (Å²) in [6.45, 7) is 2.35. The third-order valence-corrected chi connectivity index (χ3v) is 4.69. The normalized spacial score (nSPS) is 27.5. The number of likely N-dealkylation sites (tertiary alicyclic amines) is 1. The minimum absolute atomic E-state index is 0.519. The van der Waals surface area contributed by atoms with Crippen molar-refractivity contribution in [3.63, 3.8) is 0 Å². The molecule has 3 heteroatoms. The van der Waals surface area contributed by atoms with E-state index in [1.54, 1.807) is 7.11 Å². The van der Waals surface area contributed by atoms with E-state index in [1.165, 1.54) is 37.8 Å². The lowest BCUT2D eigenvalue weighted by atomic mass is 9.85. The highest BCUT2D eigenvalue weighted by Crippen LogP contribution is 2.36. The predicted molar refractivity (Wildman–Crippen MR) is 82.1 cm³/mol. The lowest BCUT2D eigenvalue weighted by molar-refractivity contribution is 0.119. The van der Waals surface area contributed by atoms with Crippen LogP contribution < -0.4 is 10.1 Å². The molecule has 110 valence electrons. The highest BCUT2D eigenvalue weighted by molar-refractivity contribution is 5.31. The quantitative estimate of drug-likeness (QED) is 0.893. The first-order valence-corrected chi connectivity index (χ1v) is 7.85. The molecule has 3 nitrogen and oxygen atoms in total. The zero-order valence-electron chi connectivity index (χ0n) is 12.6. The van der Waals surface area contributed by atoms with Crippen LogP contribution in [0.3, 0.4) is 0 Å². The molecule has 3 rings (SSSR count). The van der Waals surface area contributed by atoms with Crippen LogP contribution in [0.1, 0.15) is 37.3 Å². The Morgan fingerprint density at radius 1 is 1.30 bits per heavy atom. The second-order valence-electron chi connectivity index (χ2n) is 6.29. The Kier molecular flexibility index (Phi) is 4.27. The molecular weight excluding hydrogens is 248 g/mol. The number of piperidine rings is 1. The van der Waals surface area contributed by atoms with Crippen LogP contribution in [-0.4, -0.2) is 38.2 Å². The Labute approximate surface area is 122 Å². The van der Waals surface area contributed by atoms with Gasteiger partial charge < -0.3 is 10.1 Å². The second kappa shape index (κ2) is 6.15. The molecule has 2 aliphatic rings. The van der Waals surface area contributed by atoms with Gasteiger partial charge in [0.1, 0.15) is 5.75 Å². The fourth-order valence-electron chi connectivity index (χ4n) is 3.43. The van der Waals surface area contributed by atoms with Gasteiger partial charge in [-0.05, 0) is 62.9 Å². The average molecular weight is 274 g/mol. The summed E-state index contributed by atoms with van der Waals surface area (Å²) in [5.41, 5.74) is 1.40. The van der Waals surface area contributed by atoms with Gasteiger partial charge in [0.25, 0.3) is 0 Å². The first kappa shape index (κ1) is 13.9. The van der Waals surface area contributed by atoms with E-state index >= 15 is 0 Å². The molecule has 2 atom stereocenters. The summed E-state index contributed by atoms with van der Waals surface area (Å²) in [6, 6.07) is 9.92. The maximum absolute atomic E-state index is 5.39. The minimum atomic E-state index is 0.519. The van der Waals surface area contributed by atoms with Gasteiger partial charge in [-0.2, -0.15) is 0 Å². The fourth-order valence-corrected chi connectivity index (χ4v) is 3.43. The molecular formula is C17H26N2O. The van der Waals surface area contributed by atoms with E-state index in [4.69, 9.17) is 4.74 Å². The van der Waals surface area contributed by atoms with Crippen LogP contribution in [-0.2, 0) is 0 Å². The van der Waals surface area contributed by atoms with Gasteiger partial charge in [0.05, 0.1) is 7.11 Å². The molecule has 1 saturated carbocycles. The molecule has 0 amide bonds. The molecule has 0 spiro atoms. The van der Waals surface area contributed by atoms with Gasteiger partial charge in [0.2, 0.25) is 0 Å². The molecule has 20 heavy (non-hydrogen) atoms. The van der Waals surface area contributed by atoms with Crippen LogP contribution in [0.25, 0.3) is 0 Å². The number of rotatable bonds is 5. The zero-order chi connectivity index (χ0) is 13.9. The molecule has 1 aliphatic heterocycles. The van der Waals surface area contributed by atoms with E-state index in [-0.39, 0.29) is 0 Å². The van der Waals surface area contributed by atoms with Gasteiger partial charge in [-0.3, -0.25) is 4.90 Å². The first-order valence-electron chi connectivity index (χ1n) is 7.85. The molecule has 1 saturated heterocycles. The van der Waals surface area contributed by atoms with E-state index in [9.17, 15) is 0 Å². The van der Waals surface area contributed by atoms with E-state index < -0.39 is 0 Å². The Morgan fingerprint density at radius 2 is 2.15 bits per heavy atom. The number of hydrogen-bond acceptors (Lipinski definition) is 3. The number of nitrogens with one attached hydrogen (secondary N) is 1. The van der Waals surface area contributed by atoms with Gasteiger partial charge in [0.15, 0.2) is 0 Å². The minimum Gasteiger partial charge on any atom is -0.497 e. The van der Waals surface area contributed by atoms with Crippen molar-refractivity contribution >= 4 is 0 Å². The number of benzene rings is 1. The maximum atomic E-state index is 5.39. The van der Waals surface area contributed by atoms with Crippen LogP contribution in [0.5, 0.6) is 5.75 Å². The summed E-state index contributed by atoms with van der Waals surface area (Å²) in [5.74, 6) is 1.68. The molecule has 2 fully saturated rings. The highest BCUT2D eigenvalue weighted by atomic mass is 16.5. The van der Waals surface area contributed by atoms with Gasteiger partial charge in [-0.25, -0.2) is 0 Å². The topological polar surface area (TPSA) is 24.5 Å². The number of methoxy groups -OCH3 is 1. The van der Waals surface area contributed by atoms with Crippen molar-refractivity contribution in [1.82, 2.24) is 10.2 Å². The lowest BCUT2D eigenvalue weighted by Gasteiger charge is -2.40. The Bertz CT molecular complexity index is 444. The molecule has 1 heterocycles. The molecule has 2 unspecified atom stereocenters.